The van der Waals surface area contributed by atoms with Gasteiger partial charge in [-0.25, -0.2) is 8.78 Å². The Morgan fingerprint density at radius 2 is 2.19 bits per heavy atom. The zero-order chi connectivity index (χ0) is 11.5. The topological polar surface area (TPSA) is 40.7 Å². The first-order valence-corrected chi connectivity index (χ1v) is 5.33. The second-order valence-electron chi connectivity index (χ2n) is 3.18. The summed E-state index contributed by atoms with van der Waals surface area (Å²) in [6.45, 7) is 0.390. The molecule has 0 unspecified atom stereocenters. The van der Waals surface area contributed by atoms with Crippen molar-refractivity contribution in [3.63, 3.8) is 0 Å². The van der Waals surface area contributed by atoms with Crippen molar-refractivity contribution in [2.24, 2.45) is 0 Å². The Bertz CT molecular complexity index is 462. The molecule has 0 aliphatic carbocycles. The van der Waals surface area contributed by atoms with Crippen LogP contribution in [-0.4, -0.2) is 10.2 Å². The SMILES string of the molecule is Fc1cc(F)c(NCc2ccn[nH]2)c(Br)c1. The summed E-state index contributed by atoms with van der Waals surface area (Å²) in [5.74, 6) is -1.25. The number of hydrogen-bond donors (Lipinski definition) is 2. The van der Waals surface area contributed by atoms with Crippen molar-refractivity contribution >= 4 is 21.6 Å². The van der Waals surface area contributed by atoms with Crippen LogP contribution in [0.1, 0.15) is 5.69 Å². The summed E-state index contributed by atoms with van der Waals surface area (Å²) in [5.41, 5.74) is 1.05. The lowest BCUT2D eigenvalue weighted by Gasteiger charge is -2.08. The second kappa shape index (κ2) is 4.61. The highest BCUT2D eigenvalue weighted by molar-refractivity contribution is 9.10. The minimum Gasteiger partial charge on any atom is -0.376 e. The van der Waals surface area contributed by atoms with Crippen molar-refractivity contribution < 1.29 is 8.78 Å². The molecule has 84 valence electrons. The van der Waals surface area contributed by atoms with Gasteiger partial charge >= 0.3 is 0 Å². The minimum atomic E-state index is -0.633. The molecule has 0 atom stereocenters. The maximum atomic E-state index is 13.4. The fraction of sp³-hybridized carbons (Fsp3) is 0.100. The molecule has 2 rings (SSSR count). The summed E-state index contributed by atoms with van der Waals surface area (Å²) in [6.07, 6.45) is 1.60. The zero-order valence-corrected chi connectivity index (χ0v) is 9.68. The van der Waals surface area contributed by atoms with Gasteiger partial charge in [-0.3, -0.25) is 5.10 Å². The molecule has 2 aromatic rings. The molecule has 0 aliphatic heterocycles. The van der Waals surface area contributed by atoms with Gasteiger partial charge in [-0.05, 0) is 28.1 Å². The van der Waals surface area contributed by atoms with Crippen LogP contribution in [0.15, 0.2) is 28.9 Å². The van der Waals surface area contributed by atoms with E-state index in [2.05, 4.69) is 31.4 Å². The molecular weight excluding hydrogens is 280 g/mol. The Kier molecular flexibility index (Phi) is 3.19. The zero-order valence-electron chi connectivity index (χ0n) is 8.10. The Morgan fingerprint density at radius 3 is 2.81 bits per heavy atom. The van der Waals surface area contributed by atoms with Crippen LogP contribution in [0, 0.1) is 11.6 Å². The van der Waals surface area contributed by atoms with Crippen LogP contribution in [0.25, 0.3) is 0 Å². The number of hydrogen-bond acceptors (Lipinski definition) is 2. The van der Waals surface area contributed by atoms with Gasteiger partial charge in [0.05, 0.1) is 17.9 Å². The fourth-order valence-corrected chi connectivity index (χ4v) is 1.83. The molecule has 0 spiro atoms. The summed E-state index contributed by atoms with van der Waals surface area (Å²) in [4.78, 5) is 0. The van der Waals surface area contributed by atoms with Gasteiger partial charge in [0.2, 0.25) is 0 Å². The molecule has 0 aliphatic rings. The first kappa shape index (κ1) is 11.1. The van der Waals surface area contributed by atoms with E-state index in [1.165, 1.54) is 6.07 Å². The largest absolute Gasteiger partial charge is 0.376 e. The molecule has 0 bridgehead atoms. The number of nitrogens with zero attached hydrogens (tertiary/aromatic N) is 1. The van der Waals surface area contributed by atoms with Gasteiger partial charge in [0.1, 0.15) is 11.6 Å². The minimum absolute atomic E-state index is 0.232. The second-order valence-corrected chi connectivity index (χ2v) is 4.03. The van der Waals surface area contributed by atoms with Crippen molar-refractivity contribution in [2.75, 3.05) is 5.32 Å². The standard InChI is InChI=1S/C10H8BrF2N3/c11-8-3-6(12)4-9(13)10(8)14-5-7-1-2-15-16-7/h1-4,14H,5H2,(H,15,16). The van der Waals surface area contributed by atoms with Crippen molar-refractivity contribution in [1.82, 2.24) is 10.2 Å². The Balaban J connectivity index is 2.15. The summed E-state index contributed by atoms with van der Waals surface area (Å²) in [6, 6.07) is 3.81. The van der Waals surface area contributed by atoms with Gasteiger partial charge in [-0.15, -0.1) is 0 Å². The predicted molar refractivity (Wildman–Crippen MR) is 60.0 cm³/mol. The number of halogens is 3. The summed E-state index contributed by atoms with van der Waals surface area (Å²) >= 11 is 3.09. The van der Waals surface area contributed by atoms with Crippen molar-refractivity contribution in [1.29, 1.82) is 0 Å². The Hall–Kier alpha value is -1.43. The van der Waals surface area contributed by atoms with E-state index in [0.717, 1.165) is 11.8 Å². The molecule has 0 fully saturated rings. The van der Waals surface area contributed by atoms with E-state index in [-0.39, 0.29) is 5.69 Å². The lowest BCUT2D eigenvalue weighted by Crippen LogP contribution is -2.03. The van der Waals surface area contributed by atoms with Gasteiger partial charge in [-0.1, -0.05) is 0 Å². The summed E-state index contributed by atoms with van der Waals surface area (Å²) in [7, 11) is 0. The van der Waals surface area contributed by atoms with Crippen molar-refractivity contribution in [3.05, 3.63) is 46.2 Å². The third-order valence-corrected chi connectivity index (χ3v) is 2.65. The van der Waals surface area contributed by atoms with Crippen LogP contribution in [0.2, 0.25) is 0 Å². The molecule has 1 aromatic heterocycles. The van der Waals surface area contributed by atoms with Crippen LogP contribution >= 0.6 is 15.9 Å². The molecule has 6 heteroatoms. The third kappa shape index (κ3) is 2.38. The van der Waals surface area contributed by atoms with Gasteiger partial charge in [0, 0.05) is 16.7 Å². The molecule has 2 N–H and O–H groups in total. The molecule has 0 saturated heterocycles. The highest BCUT2D eigenvalue weighted by Crippen LogP contribution is 2.27. The van der Waals surface area contributed by atoms with Gasteiger partial charge in [0.25, 0.3) is 0 Å². The van der Waals surface area contributed by atoms with E-state index in [1.807, 2.05) is 0 Å². The molecular formula is C10H8BrF2N3. The maximum Gasteiger partial charge on any atom is 0.150 e. The number of benzene rings is 1. The van der Waals surface area contributed by atoms with E-state index in [1.54, 1.807) is 12.3 Å². The third-order valence-electron chi connectivity index (χ3n) is 2.02. The van der Waals surface area contributed by atoms with Gasteiger partial charge in [-0.2, -0.15) is 5.10 Å². The first-order chi connectivity index (χ1) is 7.66. The van der Waals surface area contributed by atoms with Crippen molar-refractivity contribution in [3.8, 4) is 0 Å². The highest BCUT2D eigenvalue weighted by Gasteiger charge is 2.09. The smallest absolute Gasteiger partial charge is 0.150 e. The average Bonchev–Trinajstić information content (AvgIpc) is 2.68. The molecule has 1 heterocycles. The number of nitrogens with one attached hydrogen (secondary N) is 2. The Morgan fingerprint density at radius 1 is 1.38 bits per heavy atom. The fourth-order valence-electron chi connectivity index (χ4n) is 1.28. The van der Waals surface area contributed by atoms with E-state index >= 15 is 0 Å². The lowest BCUT2D eigenvalue weighted by molar-refractivity contribution is 0.583. The van der Waals surface area contributed by atoms with E-state index in [9.17, 15) is 8.78 Å². The Labute approximate surface area is 99.0 Å². The van der Waals surface area contributed by atoms with Crippen LogP contribution in [0.5, 0.6) is 0 Å². The molecule has 0 radical (unpaired) electrons. The average molecular weight is 288 g/mol. The van der Waals surface area contributed by atoms with Crippen LogP contribution < -0.4 is 5.32 Å². The normalized spacial score (nSPS) is 10.4. The lowest BCUT2D eigenvalue weighted by atomic mass is 10.3. The summed E-state index contributed by atoms with van der Waals surface area (Å²) in [5, 5.41) is 9.35. The monoisotopic (exact) mass is 287 g/mol. The summed E-state index contributed by atoms with van der Waals surface area (Å²) < 4.78 is 26.5. The van der Waals surface area contributed by atoms with Crippen LogP contribution in [-0.2, 0) is 6.54 Å². The van der Waals surface area contributed by atoms with Crippen LogP contribution in [0.4, 0.5) is 14.5 Å². The molecule has 1 aromatic carbocycles. The number of anilines is 1. The van der Waals surface area contributed by atoms with E-state index < -0.39 is 11.6 Å². The quantitative estimate of drug-likeness (QED) is 0.911. The molecule has 0 saturated carbocycles. The molecule has 3 nitrogen and oxygen atoms in total. The van der Waals surface area contributed by atoms with E-state index in [0.29, 0.717) is 11.0 Å². The first-order valence-electron chi connectivity index (χ1n) is 4.53. The number of aromatic amines is 1. The number of rotatable bonds is 3. The van der Waals surface area contributed by atoms with Crippen molar-refractivity contribution in [2.45, 2.75) is 6.54 Å². The van der Waals surface area contributed by atoms with E-state index in [4.69, 9.17) is 0 Å². The van der Waals surface area contributed by atoms with Gasteiger partial charge in [0.15, 0.2) is 0 Å². The number of H-pyrrole nitrogens is 1. The van der Waals surface area contributed by atoms with Gasteiger partial charge < -0.3 is 5.32 Å². The maximum absolute atomic E-state index is 13.4. The predicted octanol–water partition coefficient (Wildman–Crippen LogP) is 3.06. The number of aromatic nitrogens is 2. The highest BCUT2D eigenvalue weighted by atomic mass is 79.9. The molecule has 0 amide bonds. The van der Waals surface area contributed by atoms with Crippen LogP contribution in [0.3, 0.4) is 0 Å². The molecule has 16 heavy (non-hydrogen) atoms.